The second kappa shape index (κ2) is 6.59. The third kappa shape index (κ3) is 2.71. The Labute approximate surface area is 150 Å². The number of methoxy groups -OCH3 is 2. The standard InChI is InChI=1S/C19H20N4O3/c1-25-17-9-7-11-12(18(17)26-2)6-8-15(11)22-19(24)21-14-4-3-5-16-13(14)10-20-23-16/h3-5,7,9-10,15H,6,8H2,1-2H3,(H,20,23)(H2,21,22,24)/t15-/m1/s1. The number of hydrogen-bond donors (Lipinski definition) is 3. The molecular formula is C19H20N4O3. The van der Waals surface area contributed by atoms with E-state index in [0.29, 0.717) is 5.75 Å². The van der Waals surface area contributed by atoms with E-state index < -0.39 is 0 Å². The van der Waals surface area contributed by atoms with Gasteiger partial charge in [0.1, 0.15) is 0 Å². The van der Waals surface area contributed by atoms with Crippen LogP contribution in [0.25, 0.3) is 10.9 Å². The molecule has 1 atom stereocenters. The molecule has 1 aliphatic rings. The predicted molar refractivity (Wildman–Crippen MR) is 98.9 cm³/mol. The van der Waals surface area contributed by atoms with Crippen LogP contribution in [0.2, 0.25) is 0 Å². The molecule has 0 spiro atoms. The van der Waals surface area contributed by atoms with Gasteiger partial charge >= 0.3 is 6.03 Å². The number of nitrogens with one attached hydrogen (secondary N) is 3. The largest absolute Gasteiger partial charge is 0.493 e. The normalized spacial score (nSPS) is 15.5. The van der Waals surface area contributed by atoms with Gasteiger partial charge in [0.2, 0.25) is 0 Å². The van der Waals surface area contributed by atoms with E-state index in [4.69, 9.17) is 9.47 Å². The summed E-state index contributed by atoms with van der Waals surface area (Å²) in [5.74, 6) is 1.46. The highest BCUT2D eigenvalue weighted by molar-refractivity contribution is 6.00. The summed E-state index contributed by atoms with van der Waals surface area (Å²) in [7, 11) is 3.26. The van der Waals surface area contributed by atoms with E-state index in [1.54, 1.807) is 20.4 Å². The highest BCUT2D eigenvalue weighted by Crippen LogP contribution is 2.42. The number of carbonyl (C=O) groups excluding carboxylic acids is 1. The van der Waals surface area contributed by atoms with Crippen LogP contribution in [0.1, 0.15) is 23.6 Å². The lowest BCUT2D eigenvalue weighted by Gasteiger charge is -2.17. The first-order valence-corrected chi connectivity index (χ1v) is 8.44. The third-order valence-electron chi connectivity index (χ3n) is 4.78. The van der Waals surface area contributed by atoms with Crippen molar-refractivity contribution in [1.82, 2.24) is 15.5 Å². The Morgan fingerprint density at radius 3 is 2.92 bits per heavy atom. The van der Waals surface area contributed by atoms with E-state index in [1.165, 1.54) is 0 Å². The number of fused-ring (bicyclic) bond motifs is 2. The molecule has 3 N–H and O–H groups in total. The van der Waals surface area contributed by atoms with E-state index in [0.717, 1.165) is 46.3 Å². The average molecular weight is 352 g/mol. The Hall–Kier alpha value is -3.22. The fourth-order valence-corrected chi connectivity index (χ4v) is 3.58. The predicted octanol–water partition coefficient (Wildman–Crippen LogP) is 3.39. The molecule has 0 saturated carbocycles. The van der Waals surface area contributed by atoms with Crippen molar-refractivity contribution < 1.29 is 14.3 Å². The number of urea groups is 1. The van der Waals surface area contributed by atoms with Gasteiger partial charge in [-0.1, -0.05) is 12.1 Å². The Kier molecular flexibility index (Phi) is 4.12. The lowest BCUT2D eigenvalue weighted by Crippen LogP contribution is -2.31. The maximum absolute atomic E-state index is 12.5. The van der Waals surface area contributed by atoms with Gasteiger partial charge in [0.15, 0.2) is 11.5 Å². The Bertz CT molecular complexity index is 967. The number of aromatic nitrogens is 2. The molecule has 0 fully saturated rings. The molecule has 3 aromatic rings. The van der Waals surface area contributed by atoms with Crippen LogP contribution in [0, 0.1) is 0 Å². The molecule has 2 aromatic carbocycles. The van der Waals surface area contributed by atoms with Crippen LogP contribution in [0.15, 0.2) is 36.5 Å². The van der Waals surface area contributed by atoms with Crippen LogP contribution >= 0.6 is 0 Å². The molecule has 0 aliphatic heterocycles. The highest BCUT2D eigenvalue weighted by Gasteiger charge is 2.28. The molecule has 7 nitrogen and oxygen atoms in total. The molecule has 0 unspecified atom stereocenters. The monoisotopic (exact) mass is 352 g/mol. The molecular weight excluding hydrogens is 332 g/mol. The van der Waals surface area contributed by atoms with E-state index in [9.17, 15) is 4.79 Å². The van der Waals surface area contributed by atoms with Gasteiger partial charge in [0.05, 0.1) is 37.7 Å². The lowest BCUT2D eigenvalue weighted by atomic mass is 10.1. The molecule has 0 radical (unpaired) electrons. The number of rotatable bonds is 4. The first kappa shape index (κ1) is 16.3. The minimum absolute atomic E-state index is 0.0617. The van der Waals surface area contributed by atoms with Crippen molar-refractivity contribution in [2.24, 2.45) is 0 Å². The zero-order valence-corrected chi connectivity index (χ0v) is 14.6. The highest BCUT2D eigenvalue weighted by atomic mass is 16.5. The summed E-state index contributed by atoms with van der Waals surface area (Å²) in [5.41, 5.74) is 3.76. The van der Waals surface area contributed by atoms with Gasteiger partial charge in [-0.3, -0.25) is 5.10 Å². The van der Waals surface area contributed by atoms with Gasteiger partial charge in [0.25, 0.3) is 0 Å². The van der Waals surface area contributed by atoms with Crippen molar-refractivity contribution in [3.8, 4) is 11.5 Å². The van der Waals surface area contributed by atoms with E-state index in [-0.39, 0.29) is 12.1 Å². The van der Waals surface area contributed by atoms with Crippen LogP contribution < -0.4 is 20.1 Å². The second-order valence-corrected chi connectivity index (χ2v) is 6.20. The maximum Gasteiger partial charge on any atom is 0.319 e. The van der Waals surface area contributed by atoms with Gasteiger partial charge in [-0.15, -0.1) is 0 Å². The molecule has 4 rings (SSSR count). The number of anilines is 1. The van der Waals surface area contributed by atoms with Gasteiger partial charge in [0, 0.05) is 10.9 Å². The van der Waals surface area contributed by atoms with Crippen molar-refractivity contribution >= 4 is 22.6 Å². The Balaban J connectivity index is 1.53. The number of nitrogens with zero attached hydrogens (tertiary/aromatic N) is 1. The zero-order chi connectivity index (χ0) is 18.1. The summed E-state index contributed by atoms with van der Waals surface area (Å²) >= 11 is 0. The molecule has 1 aliphatic carbocycles. The van der Waals surface area contributed by atoms with Gasteiger partial charge in [-0.25, -0.2) is 4.79 Å². The summed E-state index contributed by atoms with van der Waals surface area (Å²) in [4.78, 5) is 12.5. The van der Waals surface area contributed by atoms with Crippen molar-refractivity contribution in [2.75, 3.05) is 19.5 Å². The molecule has 7 heteroatoms. The van der Waals surface area contributed by atoms with Gasteiger partial charge < -0.3 is 20.1 Å². The number of aromatic amines is 1. The van der Waals surface area contributed by atoms with E-state index in [2.05, 4.69) is 20.8 Å². The van der Waals surface area contributed by atoms with Crippen molar-refractivity contribution in [2.45, 2.75) is 18.9 Å². The molecule has 1 aromatic heterocycles. The van der Waals surface area contributed by atoms with E-state index in [1.807, 2.05) is 30.3 Å². The van der Waals surface area contributed by atoms with E-state index >= 15 is 0 Å². The van der Waals surface area contributed by atoms with Crippen LogP contribution in [0.5, 0.6) is 11.5 Å². The maximum atomic E-state index is 12.5. The number of benzene rings is 2. The smallest absolute Gasteiger partial charge is 0.319 e. The topological polar surface area (TPSA) is 88.3 Å². The second-order valence-electron chi connectivity index (χ2n) is 6.20. The molecule has 0 bridgehead atoms. The van der Waals surface area contributed by atoms with Crippen LogP contribution in [0.4, 0.5) is 10.5 Å². The van der Waals surface area contributed by atoms with Crippen molar-refractivity contribution in [3.05, 3.63) is 47.7 Å². The summed E-state index contributed by atoms with van der Waals surface area (Å²) in [5, 5.41) is 13.8. The van der Waals surface area contributed by atoms with Gasteiger partial charge in [-0.2, -0.15) is 5.10 Å². The summed E-state index contributed by atoms with van der Waals surface area (Å²) < 4.78 is 10.9. The Morgan fingerprint density at radius 2 is 2.12 bits per heavy atom. The first-order chi connectivity index (χ1) is 12.7. The quantitative estimate of drug-likeness (QED) is 0.671. The molecule has 26 heavy (non-hydrogen) atoms. The number of ether oxygens (including phenoxy) is 2. The van der Waals surface area contributed by atoms with Crippen molar-refractivity contribution in [1.29, 1.82) is 0 Å². The third-order valence-corrected chi connectivity index (χ3v) is 4.78. The number of amides is 2. The van der Waals surface area contributed by atoms with Crippen molar-refractivity contribution in [3.63, 3.8) is 0 Å². The molecule has 0 saturated heterocycles. The fourth-order valence-electron chi connectivity index (χ4n) is 3.58. The summed E-state index contributed by atoms with van der Waals surface area (Å²) in [6.45, 7) is 0. The van der Waals surface area contributed by atoms with Gasteiger partial charge in [-0.05, 0) is 36.6 Å². The lowest BCUT2D eigenvalue weighted by molar-refractivity contribution is 0.248. The first-order valence-electron chi connectivity index (χ1n) is 8.44. The molecule has 134 valence electrons. The average Bonchev–Trinajstić information content (AvgIpc) is 3.28. The number of H-pyrrole nitrogens is 1. The van der Waals surface area contributed by atoms with Crippen LogP contribution in [-0.4, -0.2) is 30.4 Å². The van der Waals surface area contributed by atoms with Crippen LogP contribution in [-0.2, 0) is 6.42 Å². The minimum Gasteiger partial charge on any atom is -0.493 e. The summed E-state index contributed by atoms with van der Waals surface area (Å²) in [6.07, 6.45) is 3.35. The molecule has 1 heterocycles. The molecule has 2 amide bonds. The fraction of sp³-hybridized carbons (Fsp3) is 0.263. The summed E-state index contributed by atoms with van der Waals surface area (Å²) in [6, 6.07) is 9.21. The SMILES string of the molecule is COc1ccc2c(c1OC)CC[C@H]2NC(=O)Nc1cccc2[nH]ncc12. The Morgan fingerprint density at radius 1 is 1.23 bits per heavy atom. The van der Waals surface area contributed by atoms with Crippen LogP contribution in [0.3, 0.4) is 0 Å². The number of carbonyl (C=O) groups is 1. The minimum atomic E-state index is -0.244. The zero-order valence-electron chi connectivity index (χ0n) is 14.6. The number of hydrogen-bond acceptors (Lipinski definition) is 4.